The molecule has 0 rings (SSSR count). The summed E-state index contributed by atoms with van der Waals surface area (Å²) in [6.07, 6.45) is 6.68. The van der Waals surface area contributed by atoms with E-state index in [1.807, 2.05) is 0 Å². The average molecular weight is 307 g/mol. The van der Waals surface area contributed by atoms with Gasteiger partial charge in [-0.25, -0.2) is 0 Å². The van der Waals surface area contributed by atoms with E-state index in [1.54, 1.807) is 6.92 Å². The van der Waals surface area contributed by atoms with Gasteiger partial charge in [-0.1, -0.05) is 68.8 Å². The number of alkyl halides is 1. The second kappa shape index (κ2) is 8.12. The Morgan fingerprint density at radius 3 is 2.18 bits per heavy atom. The molecule has 102 valence electrons. The molecule has 0 heterocycles. The van der Waals surface area contributed by atoms with Crippen molar-refractivity contribution in [3.05, 3.63) is 0 Å². The van der Waals surface area contributed by atoms with Crippen LogP contribution in [0.3, 0.4) is 0 Å². The Hall–Kier alpha value is -0.0500. The van der Waals surface area contributed by atoms with Gasteiger partial charge in [0.05, 0.1) is 0 Å². The Bertz CT molecular complexity index is 224. The van der Waals surface area contributed by atoms with Crippen molar-refractivity contribution in [2.24, 2.45) is 11.8 Å². The van der Waals surface area contributed by atoms with E-state index in [-0.39, 0.29) is 0 Å². The summed E-state index contributed by atoms with van der Waals surface area (Å²) in [5.74, 6) is 0.746. The Morgan fingerprint density at radius 2 is 1.71 bits per heavy atom. The monoisotopic (exact) mass is 306 g/mol. The van der Waals surface area contributed by atoms with Crippen LogP contribution in [-0.2, 0) is 4.79 Å². The molecule has 0 radical (unpaired) electrons. The molecule has 0 saturated carbocycles. The van der Waals surface area contributed by atoms with Crippen LogP contribution < -0.4 is 0 Å². The molecule has 3 heteroatoms. The van der Waals surface area contributed by atoms with Crippen LogP contribution >= 0.6 is 15.9 Å². The molecule has 0 aromatic carbocycles. The van der Waals surface area contributed by atoms with Crippen LogP contribution in [0.1, 0.15) is 66.2 Å². The van der Waals surface area contributed by atoms with Crippen LogP contribution in [0.4, 0.5) is 0 Å². The van der Waals surface area contributed by atoms with E-state index in [9.17, 15) is 4.79 Å². The van der Waals surface area contributed by atoms with Crippen molar-refractivity contribution in [2.75, 3.05) is 0 Å². The number of carbonyl (C=O) groups is 1. The van der Waals surface area contributed by atoms with Gasteiger partial charge >= 0.3 is 5.97 Å². The minimum Gasteiger partial charge on any atom is -0.480 e. The molecule has 17 heavy (non-hydrogen) atoms. The van der Waals surface area contributed by atoms with Gasteiger partial charge in [0.15, 0.2) is 0 Å². The molecule has 0 aliphatic rings. The molecule has 1 N–H and O–H groups in total. The number of rotatable bonds is 9. The summed E-state index contributed by atoms with van der Waals surface area (Å²) in [7, 11) is 0. The van der Waals surface area contributed by atoms with Gasteiger partial charge in [0.1, 0.15) is 4.32 Å². The van der Waals surface area contributed by atoms with Gasteiger partial charge in [-0.05, 0) is 25.2 Å². The molecular weight excluding hydrogens is 280 g/mol. The van der Waals surface area contributed by atoms with Crippen LogP contribution in [0.5, 0.6) is 0 Å². The summed E-state index contributed by atoms with van der Waals surface area (Å²) in [5, 5.41) is 8.96. The van der Waals surface area contributed by atoms with E-state index in [0.717, 1.165) is 18.8 Å². The molecule has 0 aliphatic carbocycles. The molecule has 0 aromatic heterocycles. The second-order valence-electron chi connectivity index (χ2n) is 5.82. The summed E-state index contributed by atoms with van der Waals surface area (Å²) in [6, 6.07) is 0. The van der Waals surface area contributed by atoms with Crippen molar-refractivity contribution in [1.29, 1.82) is 0 Å². The van der Waals surface area contributed by atoms with Crippen LogP contribution in [0.15, 0.2) is 0 Å². The van der Waals surface area contributed by atoms with E-state index < -0.39 is 10.3 Å². The van der Waals surface area contributed by atoms with Gasteiger partial charge in [-0.2, -0.15) is 0 Å². The predicted molar refractivity (Wildman–Crippen MR) is 76.7 cm³/mol. The van der Waals surface area contributed by atoms with E-state index in [2.05, 4.69) is 36.7 Å². The number of carboxylic acids is 1. The minimum atomic E-state index is -0.759. The smallest absolute Gasteiger partial charge is 0.320 e. The third-order valence-corrected chi connectivity index (χ3v) is 4.00. The molecule has 0 aliphatic heterocycles. The molecule has 2 nitrogen and oxygen atoms in total. The maximum Gasteiger partial charge on any atom is 0.320 e. The normalized spacial score (nSPS) is 16.8. The third-order valence-electron chi connectivity index (χ3n) is 3.27. The molecule has 0 aromatic rings. The fraction of sp³-hybridized carbons (Fsp3) is 0.929. The lowest BCUT2D eigenvalue weighted by molar-refractivity contribution is -0.139. The van der Waals surface area contributed by atoms with Crippen molar-refractivity contribution >= 4 is 21.9 Å². The van der Waals surface area contributed by atoms with Crippen LogP contribution in [0.25, 0.3) is 0 Å². The maximum atomic E-state index is 10.9. The Balaban J connectivity index is 3.64. The highest BCUT2D eigenvalue weighted by atomic mass is 79.9. The average Bonchev–Trinajstić information content (AvgIpc) is 2.16. The highest BCUT2D eigenvalue weighted by Gasteiger charge is 2.28. The zero-order valence-corrected chi connectivity index (χ0v) is 13.2. The van der Waals surface area contributed by atoms with Crippen molar-refractivity contribution in [2.45, 2.75) is 70.5 Å². The number of hydrogen-bond acceptors (Lipinski definition) is 1. The van der Waals surface area contributed by atoms with Crippen LogP contribution in [0, 0.1) is 11.8 Å². The van der Waals surface area contributed by atoms with Crippen LogP contribution in [-0.4, -0.2) is 15.4 Å². The van der Waals surface area contributed by atoms with Crippen molar-refractivity contribution in [3.8, 4) is 0 Å². The Kier molecular flexibility index (Phi) is 8.10. The Labute approximate surface area is 114 Å². The topological polar surface area (TPSA) is 37.3 Å². The van der Waals surface area contributed by atoms with Gasteiger partial charge in [0.2, 0.25) is 0 Å². The first-order valence-electron chi connectivity index (χ1n) is 6.68. The van der Waals surface area contributed by atoms with E-state index >= 15 is 0 Å². The summed E-state index contributed by atoms with van der Waals surface area (Å²) in [5.41, 5.74) is 0. The molecule has 0 spiro atoms. The lowest BCUT2D eigenvalue weighted by Crippen LogP contribution is -2.27. The first kappa shape index (κ1) is 16.9. The third kappa shape index (κ3) is 8.64. The number of carboxylic acid groups (broad SMARTS) is 1. The van der Waals surface area contributed by atoms with E-state index in [4.69, 9.17) is 5.11 Å². The number of aliphatic carboxylic acids is 1. The van der Waals surface area contributed by atoms with E-state index in [1.165, 1.54) is 19.3 Å². The van der Waals surface area contributed by atoms with Gasteiger partial charge in [0, 0.05) is 0 Å². The highest BCUT2D eigenvalue weighted by molar-refractivity contribution is 9.10. The fourth-order valence-electron chi connectivity index (χ4n) is 1.91. The van der Waals surface area contributed by atoms with Gasteiger partial charge in [-0.15, -0.1) is 0 Å². The second-order valence-corrected chi connectivity index (χ2v) is 7.57. The molecular formula is C14H27BrO2. The summed E-state index contributed by atoms with van der Waals surface area (Å²) in [6.45, 7) is 8.52. The van der Waals surface area contributed by atoms with Crippen molar-refractivity contribution < 1.29 is 9.90 Å². The van der Waals surface area contributed by atoms with Crippen molar-refractivity contribution in [3.63, 3.8) is 0 Å². The zero-order chi connectivity index (χ0) is 13.5. The largest absolute Gasteiger partial charge is 0.480 e. The van der Waals surface area contributed by atoms with Crippen LogP contribution in [0.2, 0.25) is 0 Å². The first-order valence-corrected chi connectivity index (χ1v) is 7.47. The summed E-state index contributed by atoms with van der Waals surface area (Å²) < 4.78 is -0.745. The molecule has 2 atom stereocenters. The highest BCUT2D eigenvalue weighted by Crippen LogP contribution is 2.26. The fourth-order valence-corrected chi connectivity index (χ4v) is 2.19. The molecule has 0 saturated heterocycles. The molecule has 0 amide bonds. The standard InChI is InChI=1S/C14H27BrO2/c1-11(2)7-5-8-12(3)9-6-10-14(4,15)13(16)17/h11-12H,5-10H2,1-4H3,(H,16,17)/t12-,14-/m0/s1. The lowest BCUT2D eigenvalue weighted by atomic mass is 9.93. The van der Waals surface area contributed by atoms with Gasteiger partial charge in [0.25, 0.3) is 0 Å². The minimum absolute atomic E-state index is 0.705. The first-order chi connectivity index (χ1) is 7.75. The van der Waals surface area contributed by atoms with Gasteiger partial charge in [-0.3, -0.25) is 4.79 Å². The SMILES string of the molecule is CC(C)CCC[C@H](C)CCC[C@](C)(Br)C(=O)O. The number of hydrogen-bond donors (Lipinski definition) is 1. The Morgan fingerprint density at radius 1 is 1.18 bits per heavy atom. The quantitative estimate of drug-likeness (QED) is 0.618. The summed E-state index contributed by atoms with van der Waals surface area (Å²) >= 11 is 3.27. The number of halogens is 1. The molecule has 0 unspecified atom stereocenters. The zero-order valence-electron chi connectivity index (χ0n) is 11.6. The van der Waals surface area contributed by atoms with Gasteiger partial charge < -0.3 is 5.11 Å². The summed E-state index contributed by atoms with van der Waals surface area (Å²) in [4.78, 5) is 10.9. The lowest BCUT2D eigenvalue weighted by Gasteiger charge is -2.18. The van der Waals surface area contributed by atoms with E-state index in [0.29, 0.717) is 12.3 Å². The molecule has 0 bridgehead atoms. The predicted octanol–water partition coefficient (Wildman–Crippen LogP) is 4.86. The maximum absolute atomic E-state index is 10.9. The molecule has 0 fully saturated rings. The van der Waals surface area contributed by atoms with Crippen molar-refractivity contribution in [1.82, 2.24) is 0 Å².